The molecule has 2 rings (SSSR count). The van der Waals surface area contributed by atoms with Gasteiger partial charge >= 0.3 is 0 Å². The molecule has 0 saturated carbocycles. The van der Waals surface area contributed by atoms with Crippen molar-refractivity contribution in [2.75, 3.05) is 7.11 Å². The van der Waals surface area contributed by atoms with Gasteiger partial charge in [-0.1, -0.05) is 19.0 Å². The molecule has 2 aromatic rings. The number of aromatic nitrogens is 1. The number of methoxy groups -OCH3 is 1. The monoisotopic (exact) mass is 366 g/mol. The molecule has 1 N–H and O–H groups in total. The van der Waals surface area contributed by atoms with Crippen molar-refractivity contribution in [1.82, 2.24) is 9.88 Å². The third-order valence-corrected chi connectivity index (χ3v) is 6.06. The molecule has 1 unspecified atom stereocenters. The zero-order valence-electron chi connectivity index (χ0n) is 15.8. The predicted octanol–water partition coefficient (Wildman–Crippen LogP) is 3.77. The number of rotatable bonds is 6. The van der Waals surface area contributed by atoms with Gasteiger partial charge in [0.1, 0.15) is 16.3 Å². The molecule has 6 nitrogen and oxygen atoms in total. The van der Waals surface area contributed by atoms with Gasteiger partial charge in [0.25, 0.3) is 0 Å². The molecule has 1 heterocycles. The van der Waals surface area contributed by atoms with Crippen LogP contribution in [-0.2, 0) is 10.0 Å². The van der Waals surface area contributed by atoms with Crippen LogP contribution in [-0.4, -0.2) is 20.7 Å². The summed E-state index contributed by atoms with van der Waals surface area (Å²) in [7, 11) is -2.09. The molecule has 0 aliphatic carbocycles. The maximum absolute atomic E-state index is 12.7. The molecule has 1 aromatic carbocycles. The van der Waals surface area contributed by atoms with E-state index in [1.54, 1.807) is 21.0 Å². The summed E-state index contributed by atoms with van der Waals surface area (Å²) in [6, 6.07) is 3.56. The number of hydrogen-bond donors (Lipinski definition) is 1. The molecule has 0 aliphatic rings. The van der Waals surface area contributed by atoms with E-state index in [0.29, 0.717) is 5.69 Å². The molecule has 1 aromatic heterocycles. The Morgan fingerprint density at radius 3 is 2.24 bits per heavy atom. The number of sulfonamides is 1. The van der Waals surface area contributed by atoms with E-state index in [0.717, 1.165) is 22.4 Å². The van der Waals surface area contributed by atoms with Crippen molar-refractivity contribution in [3.63, 3.8) is 0 Å². The number of aryl methyl sites for hydroxylation is 3. The van der Waals surface area contributed by atoms with E-state index in [1.165, 1.54) is 0 Å². The minimum absolute atomic E-state index is 0.106. The Kier molecular flexibility index (Phi) is 5.58. The fourth-order valence-electron chi connectivity index (χ4n) is 3.02. The van der Waals surface area contributed by atoms with E-state index in [-0.39, 0.29) is 16.6 Å². The van der Waals surface area contributed by atoms with Gasteiger partial charge in [-0.15, -0.1) is 0 Å². The van der Waals surface area contributed by atoms with Gasteiger partial charge in [0.05, 0.1) is 7.11 Å². The lowest BCUT2D eigenvalue weighted by molar-refractivity contribution is 0.390. The topological polar surface area (TPSA) is 81.4 Å². The quantitative estimate of drug-likeness (QED) is 0.841. The average Bonchev–Trinajstić information content (AvgIpc) is 2.85. The summed E-state index contributed by atoms with van der Waals surface area (Å²) in [6.45, 7) is 11.1. The first-order valence-corrected chi connectivity index (χ1v) is 9.70. The summed E-state index contributed by atoms with van der Waals surface area (Å²) in [5, 5.41) is 3.73. The number of ether oxygens (including phenoxy) is 1. The van der Waals surface area contributed by atoms with Gasteiger partial charge in [-0.2, -0.15) is 0 Å². The first-order valence-electron chi connectivity index (χ1n) is 8.22. The van der Waals surface area contributed by atoms with Crippen LogP contribution in [0.15, 0.2) is 21.6 Å². The highest BCUT2D eigenvalue weighted by atomic mass is 32.2. The van der Waals surface area contributed by atoms with Crippen LogP contribution in [0, 0.1) is 20.8 Å². The Hall–Kier alpha value is -1.86. The summed E-state index contributed by atoms with van der Waals surface area (Å²) < 4.78 is 38.6. The van der Waals surface area contributed by atoms with Crippen LogP contribution >= 0.6 is 0 Å². The van der Waals surface area contributed by atoms with Gasteiger partial charge < -0.3 is 9.26 Å². The lowest BCUT2D eigenvalue weighted by Gasteiger charge is -2.21. The normalized spacial score (nSPS) is 13.3. The Morgan fingerprint density at radius 1 is 1.12 bits per heavy atom. The molecule has 138 valence electrons. The summed E-state index contributed by atoms with van der Waals surface area (Å²) in [5.41, 5.74) is 3.29. The van der Waals surface area contributed by atoms with Crippen molar-refractivity contribution < 1.29 is 17.7 Å². The van der Waals surface area contributed by atoms with E-state index in [1.807, 2.05) is 26.0 Å². The van der Waals surface area contributed by atoms with Crippen LogP contribution in [0.5, 0.6) is 5.75 Å². The number of nitrogens with zero attached hydrogens (tertiary/aromatic N) is 1. The maximum atomic E-state index is 12.7. The SMILES string of the molecule is COc1cc(C)c(C(C)NS(=O)(=O)c2c(C)noc2C)cc1C(C)C. The molecule has 7 heteroatoms. The van der Waals surface area contributed by atoms with Crippen molar-refractivity contribution in [1.29, 1.82) is 0 Å². The second-order valence-corrected chi connectivity index (χ2v) is 8.25. The summed E-state index contributed by atoms with van der Waals surface area (Å²) in [4.78, 5) is 0.106. The molecule has 25 heavy (non-hydrogen) atoms. The molecular weight excluding hydrogens is 340 g/mol. The zero-order valence-corrected chi connectivity index (χ0v) is 16.6. The van der Waals surface area contributed by atoms with Gasteiger partial charge in [0, 0.05) is 6.04 Å². The molecule has 0 aliphatic heterocycles. The van der Waals surface area contributed by atoms with Crippen LogP contribution in [0.2, 0.25) is 0 Å². The summed E-state index contributed by atoms with van der Waals surface area (Å²) >= 11 is 0. The second-order valence-electron chi connectivity index (χ2n) is 6.60. The van der Waals surface area contributed by atoms with Crippen LogP contribution in [0.1, 0.15) is 60.9 Å². The van der Waals surface area contributed by atoms with Gasteiger partial charge in [-0.3, -0.25) is 0 Å². The first kappa shape index (κ1) is 19.5. The first-order chi connectivity index (χ1) is 11.6. The van der Waals surface area contributed by atoms with E-state index in [4.69, 9.17) is 9.26 Å². The summed E-state index contributed by atoms with van der Waals surface area (Å²) in [5.74, 6) is 1.37. The zero-order chi connectivity index (χ0) is 18.9. The number of nitrogens with one attached hydrogen (secondary N) is 1. The van der Waals surface area contributed by atoms with E-state index >= 15 is 0 Å². The van der Waals surface area contributed by atoms with Crippen molar-refractivity contribution >= 4 is 10.0 Å². The molecule has 0 radical (unpaired) electrons. The lowest BCUT2D eigenvalue weighted by atomic mass is 9.94. The third kappa shape index (κ3) is 3.88. The molecule has 0 fully saturated rings. The average molecular weight is 366 g/mol. The van der Waals surface area contributed by atoms with Crippen LogP contribution in [0.3, 0.4) is 0 Å². The lowest BCUT2D eigenvalue weighted by Crippen LogP contribution is -2.28. The highest BCUT2D eigenvalue weighted by Gasteiger charge is 2.27. The van der Waals surface area contributed by atoms with Gasteiger partial charge in [0.2, 0.25) is 10.0 Å². The molecular formula is C18H26N2O4S. The summed E-state index contributed by atoms with van der Waals surface area (Å²) in [6.07, 6.45) is 0. The molecule has 0 amide bonds. The van der Waals surface area contributed by atoms with Gasteiger partial charge in [0.15, 0.2) is 5.76 Å². The molecule has 0 saturated heterocycles. The minimum Gasteiger partial charge on any atom is -0.496 e. The van der Waals surface area contributed by atoms with E-state index in [9.17, 15) is 8.42 Å². The van der Waals surface area contributed by atoms with Crippen molar-refractivity contribution in [2.45, 2.75) is 58.4 Å². The molecule has 0 bridgehead atoms. The number of hydrogen-bond acceptors (Lipinski definition) is 5. The maximum Gasteiger partial charge on any atom is 0.246 e. The molecule has 1 atom stereocenters. The van der Waals surface area contributed by atoms with E-state index in [2.05, 4.69) is 23.7 Å². The Morgan fingerprint density at radius 2 is 1.76 bits per heavy atom. The highest BCUT2D eigenvalue weighted by Crippen LogP contribution is 2.32. The largest absolute Gasteiger partial charge is 0.496 e. The van der Waals surface area contributed by atoms with Crippen LogP contribution in [0.4, 0.5) is 0 Å². The van der Waals surface area contributed by atoms with Crippen LogP contribution in [0.25, 0.3) is 0 Å². The van der Waals surface area contributed by atoms with Crippen LogP contribution < -0.4 is 9.46 Å². The fourth-order valence-corrected chi connectivity index (χ4v) is 4.58. The minimum atomic E-state index is -3.73. The Labute approximate surface area is 149 Å². The fraction of sp³-hybridized carbons (Fsp3) is 0.500. The van der Waals surface area contributed by atoms with Gasteiger partial charge in [-0.25, -0.2) is 13.1 Å². The van der Waals surface area contributed by atoms with Crippen molar-refractivity contribution in [3.05, 3.63) is 40.3 Å². The van der Waals surface area contributed by atoms with E-state index < -0.39 is 16.1 Å². The smallest absolute Gasteiger partial charge is 0.246 e. The van der Waals surface area contributed by atoms with Crippen molar-refractivity contribution in [3.8, 4) is 5.75 Å². The van der Waals surface area contributed by atoms with Crippen molar-refractivity contribution in [2.24, 2.45) is 0 Å². The third-order valence-electron chi connectivity index (χ3n) is 4.28. The number of benzene rings is 1. The second kappa shape index (κ2) is 7.17. The predicted molar refractivity (Wildman–Crippen MR) is 96.5 cm³/mol. The molecule has 0 spiro atoms. The Bertz CT molecular complexity index is 850. The van der Waals surface area contributed by atoms with Gasteiger partial charge in [-0.05, 0) is 62.4 Å². The Balaban J connectivity index is 2.41. The standard InChI is InChI=1S/C18H26N2O4S/c1-10(2)15-9-16(11(3)8-17(15)23-7)12(4)20-25(21,22)18-13(5)19-24-14(18)6/h8-10,12,20H,1-7H3. The highest BCUT2D eigenvalue weighted by molar-refractivity contribution is 7.89.